The molecular formula is C21H27ClN2O4S. The van der Waals surface area contributed by atoms with E-state index < -0.39 is 16.1 Å². The number of hydrogen-bond acceptors (Lipinski definition) is 4. The lowest BCUT2D eigenvalue weighted by molar-refractivity contribution is -0.121. The van der Waals surface area contributed by atoms with Gasteiger partial charge < -0.3 is 10.1 Å². The molecule has 2 aromatic carbocycles. The van der Waals surface area contributed by atoms with Crippen molar-refractivity contribution in [3.05, 3.63) is 58.6 Å². The highest BCUT2D eigenvalue weighted by Gasteiger charge is 2.31. The van der Waals surface area contributed by atoms with Crippen LogP contribution < -0.4 is 14.4 Å². The van der Waals surface area contributed by atoms with Gasteiger partial charge >= 0.3 is 0 Å². The highest BCUT2D eigenvalue weighted by molar-refractivity contribution is 7.92. The van der Waals surface area contributed by atoms with Gasteiger partial charge in [-0.3, -0.25) is 9.10 Å². The Kier molecular flexibility index (Phi) is 7.93. The number of rotatable bonds is 9. The molecule has 0 saturated carbocycles. The number of nitrogens with one attached hydrogen (secondary N) is 1. The van der Waals surface area contributed by atoms with E-state index in [1.54, 1.807) is 19.1 Å². The van der Waals surface area contributed by atoms with E-state index in [2.05, 4.69) is 5.32 Å². The molecule has 0 spiro atoms. The maximum Gasteiger partial charge on any atom is 0.243 e. The first-order valence-corrected chi connectivity index (χ1v) is 11.5. The molecular weight excluding hydrogens is 412 g/mol. The summed E-state index contributed by atoms with van der Waals surface area (Å²) in [4.78, 5) is 12.7. The van der Waals surface area contributed by atoms with Crippen molar-refractivity contribution in [1.29, 1.82) is 0 Å². The van der Waals surface area contributed by atoms with Gasteiger partial charge in [0.05, 0.1) is 19.1 Å². The third kappa shape index (κ3) is 6.37. The summed E-state index contributed by atoms with van der Waals surface area (Å²) >= 11 is 5.88. The molecule has 0 unspecified atom stereocenters. The van der Waals surface area contributed by atoms with Crippen molar-refractivity contribution < 1.29 is 17.9 Å². The second-order valence-corrected chi connectivity index (χ2v) is 9.23. The Morgan fingerprint density at radius 3 is 2.45 bits per heavy atom. The smallest absolute Gasteiger partial charge is 0.243 e. The topological polar surface area (TPSA) is 75.7 Å². The van der Waals surface area contributed by atoms with Crippen molar-refractivity contribution in [2.45, 2.75) is 32.7 Å². The number of carbonyl (C=O) groups excluding carboxylic acids is 1. The van der Waals surface area contributed by atoms with Crippen LogP contribution in [0.5, 0.6) is 5.75 Å². The molecule has 0 bridgehead atoms. The van der Waals surface area contributed by atoms with E-state index >= 15 is 0 Å². The number of hydrogen-bond donors (Lipinski definition) is 1. The van der Waals surface area contributed by atoms with E-state index in [-0.39, 0.29) is 5.91 Å². The number of sulfonamides is 1. The van der Waals surface area contributed by atoms with Crippen LogP contribution in [0.1, 0.15) is 24.5 Å². The van der Waals surface area contributed by atoms with Crippen LogP contribution in [-0.4, -0.2) is 40.3 Å². The van der Waals surface area contributed by atoms with E-state index in [1.807, 2.05) is 37.3 Å². The fourth-order valence-electron chi connectivity index (χ4n) is 3.06. The van der Waals surface area contributed by atoms with Crippen LogP contribution in [0.2, 0.25) is 5.02 Å². The summed E-state index contributed by atoms with van der Waals surface area (Å²) in [5.41, 5.74) is 2.34. The molecule has 0 fully saturated rings. The minimum absolute atomic E-state index is 0.346. The zero-order chi connectivity index (χ0) is 21.6. The Morgan fingerprint density at radius 1 is 1.21 bits per heavy atom. The highest BCUT2D eigenvalue weighted by Crippen LogP contribution is 2.32. The maximum atomic E-state index is 12.7. The zero-order valence-corrected chi connectivity index (χ0v) is 18.7. The maximum absolute atomic E-state index is 12.7. The number of anilines is 1. The summed E-state index contributed by atoms with van der Waals surface area (Å²) in [7, 11) is -2.24. The van der Waals surface area contributed by atoms with Gasteiger partial charge in [-0.2, -0.15) is 0 Å². The predicted molar refractivity (Wildman–Crippen MR) is 117 cm³/mol. The SMILES string of the molecule is COc1ccc(C)cc1N([C@@H](C)C(=O)NCCCc1ccc(Cl)cc1)S(C)(=O)=O. The Hall–Kier alpha value is -2.25. The number of carbonyl (C=O) groups is 1. The van der Waals surface area contributed by atoms with Crippen molar-refractivity contribution in [2.75, 3.05) is 24.2 Å². The van der Waals surface area contributed by atoms with Crippen LogP contribution in [0.4, 0.5) is 5.69 Å². The number of nitrogens with zero attached hydrogens (tertiary/aromatic N) is 1. The highest BCUT2D eigenvalue weighted by atomic mass is 35.5. The lowest BCUT2D eigenvalue weighted by Gasteiger charge is -2.29. The van der Waals surface area contributed by atoms with Crippen LogP contribution in [0.25, 0.3) is 0 Å². The van der Waals surface area contributed by atoms with Crippen molar-refractivity contribution in [2.24, 2.45) is 0 Å². The minimum atomic E-state index is -3.71. The Morgan fingerprint density at radius 2 is 1.86 bits per heavy atom. The number of methoxy groups -OCH3 is 1. The molecule has 2 aromatic rings. The molecule has 2 rings (SSSR count). The molecule has 6 nitrogen and oxygen atoms in total. The molecule has 29 heavy (non-hydrogen) atoms. The van der Waals surface area contributed by atoms with Gasteiger partial charge in [0.15, 0.2) is 0 Å². The first kappa shape index (κ1) is 23.0. The Balaban J connectivity index is 2.07. The Bertz CT molecular complexity index is 946. The molecule has 0 saturated heterocycles. The fourth-order valence-corrected chi connectivity index (χ4v) is 4.35. The van der Waals surface area contributed by atoms with Crippen LogP contribution in [0.15, 0.2) is 42.5 Å². The van der Waals surface area contributed by atoms with Crippen LogP contribution in [0.3, 0.4) is 0 Å². The van der Waals surface area contributed by atoms with E-state index in [0.29, 0.717) is 23.0 Å². The van der Waals surface area contributed by atoms with Gasteiger partial charge in [0, 0.05) is 11.6 Å². The first-order valence-electron chi connectivity index (χ1n) is 9.29. The van der Waals surface area contributed by atoms with E-state index in [9.17, 15) is 13.2 Å². The summed E-state index contributed by atoms with van der Waals surface area (Å²) in [6.07, 6.45) is 2.60. The third-order valence-electron chi connectivity index (χ3n) is 4.52. The Labute approximate surface area is 177 Å². The number of amides is 1. The second kappa shape index (κ2) is 9.98. The predicted octanol–water partition coefficient (Wildman–Crippen LogP) is 3.56. The van der Waals surface area contributed by atoms with Gasteiger partial charge in [0.25, 0.3) is 0 Å². The van der Waals surface area contributed by atoms with Crippen molar-refractivity contribution >= 4 is 33.2 Å². The lowest BCUT2D eigenvalue weighted by atomic mass is 10.1. The average molecular weight is 439 g/mol. The molecule has 0 aliphatic carbocycles. The van der Waals surface area contributed by atoms with Gasteiger partial charge in [-0.1, -0.05) is 29.8 Å². The summed E-state index contributed by atoms with van der Waals surface area (Å²) in [5.74, 6) is 0.0264. The molecule has 0 aliphatic rings. The van der Waals surface area contributed by atoms with Crippen molar-refractivity contribution in [3.8, 4) is 5.75 Å². The first-order chi connectivity index (χ1) is 13.6. The summed E-state index contributed by atoms with van der Waals surface area (Å²) in [5, 5.41) is 3.51. The monoisotopic (exact) mass is 438 g/mol. The molecule has 1 atom stereocenters. The number of ether oxygens (including phenoxy) is 1. The van der Waals surface area contributed by atoms with Crippen LogP contribution in [-0.2, 0) is 21.2 Å². The standard InChI is InChI=1S/C21H27ClN2O4S/c1-15-7-12-20(28-3)19(14-15)24(29(4,26)27)16(2)21(25)23-13-5-6-17-8-10-18(22)11-9-17/h7-12,14,16H,5-6,13H2,1-4H3,(H,23,25)/t16-/m0/s1. The average Bonchev–Trinajstić information content (AvgIpc) is 2.65. The van der Waals surface area contributed by atoms with E-state index in [0.717, 1.165) is 34.5 Å². The molecule has 1 N–H and O–H groups in total. The third-order valence-corrected chi connectivity index (χ3v) is 5.99. The van der Waals surface area contributed by atoms with Gasteiger partial charge in [-0.05, 0) is 62.1 Å². The molecule has 0 radical (unpaired) electrons. The largest absolute Gasteiger partial charge is 0.495 e. The molecule has 0 aromatic heterocycles. The minimum Gasteiger partial charge on any atom is -0.495 e. The van der Waals surface area contributed by atoms with Gasteiger partial charge in [0.1, 0.15) is 11.8 Å². The molecule has 8 heteroatoms. The van der Waals surface area contributed by atoms with Gasteiger partial charge in [-0.25, -0.2) is 8.42 Å². The number of halogens is 1. The van der Waals surface area contributed by atoms with Gasteiger partial charge in [0.2, 0.25) is 15.9 Å². The normalized spacial score (nSPS) is 12.3. The van der Waals surface area contributed by atoms with E-state index in [4.69, 9.17) is 16.3 Å². The molecule has 0 heterocycles. The van der Waals surface area contributed by atoms with Gasteiger partial charge in [-0.15, -0.1) is 0 Å². The van der Waals surface area contributed by atoms with Crippen LogP contribution in [0, 0.1) is 6.92 Å². The number of benzene rings is 2. The summed E-state index contributed by atoms with van der Waals surface area (Å²) < 4.78 is 31.4. The van der Waals surface area contributed by atoms with Crippen LogP contribution >= 0.6 is 11.6 Å². The molecule has 158 valence electrons. The summed E-state index contributed by atoms with van der Waals surface area (Å²) in [6.45, 7) is 3.86. The number of aryl methyl sites for hydroxylation is 2. The van der Waals surface area contributed by atoms with Crippen molar-refractivity contribution in [1.82, 2.24) is 5.32 Å². The van der Waals surface area contributed by atoms with E-state index in [1.165, 1.54) is 7.11 Å². The second-order valence-electron chi connectivity index (χ2n) is 6.93. The van der Waals surface area contributed by atoms with Crippen molar-refractivity contribution in [3.63, 3.8) is 0 Å². The zero-order valence-electron chi connectivity index (χ0n) is 17.1. The lowest BCUT2D eigenvalue weighted by Crippen LogP contribution is -2.48. The fraction of sp³-hybridized carbons (Fsp3) is 0.381. The quantitative estimate of drug-likeness (QED) is 0.607. The molecule has 1 amide bonds. The molecule has 0 aliphatic heterocycles. The summed E-state index contributed by atoms with van der Waals surface area (Å²) in [6, 6.07) is 11.8.